The minimum atomic E-state index is 0.321. The zero-order chi connectivity index (χ0) is 12.1. The lowest BCUT2D eigenvalue weighted by molar-refractivity contribution is 1.18. The van der Waals surface area contributed by atoms with Crippen LogP contribution in [0, 0.1) is 0 Å². The van der Waals surface area contributed by atoms with Gasteiger partial charge in [0, 0.05) is 6.20 Å². The number of nitrogens with zero attached hydrogens (tertiary/aromatic N) is 3. The Bertz CT molecular complexity index is 529. The van der Waals surface area contributed by atoms with E-state index >= 15 is 0 Å². The molecule has 86 valence electrons. The Morgan fingerprint density at radius 3 is 2.76 bits per heavy atom. The normalized spacial score (nSPS) is 12.8. The van der Waals surface area contributed by atoms with Gasteiger partial charge in [0.25, 0.3) is 0 Å². The number of pyridine rings is 1. The van der Waals surface area contributed by atoms with E-state index in [1.165, 1.54) is 0 Å². The minimum Gasteiger partial charge on any atom is -0.380 e. The highest BCUT2D eigenvalue weighted by Crippen LogP contribution is 2.09. The fourth-order valence-corrected chi connectivity index (χ4v) is 1.90. The molecular formula is C12H12N4S. The van der Waals surface area contributed by atoms with E-state index in [-0.39, 0.29) is 0 Å². The second kappa shape index (κ2) is 5.36. The Morgan fingerprint density at radius 2 is 2.12 bits per heavy atom. The van der Waals surface area contributed by atoms with Crippen LogP contribution >= 0.6 is 11.3 Å². The molecule has 2 rings (SSSR count). The standard InChI is InChI=1S/C12H12N4S/c1-9(11-6-4-8-17-11)15-16-12(13)10-5-2-3-7-14-10/h2-8H,1H3,(H2,13,16)/b15-9+. The lowest BCUT2D eigenvalue weighted by Gasteiger charge is -1.96. The van der Waals surface area contributed by atoms with Gasteiger partial charge in [0.05, 0.1) is 10.6 Å². The Kier molecular flexibility index (Phi) is 3.62. The van der Waals surface area contributed by atoms with Gasteiger partial charge >= 0.3 is 0 Å². The molecule has 2 heterocycles. The quantitative estimate of drug-likeness (QED) is 0.511. The molecule has 0 radical (unpaired) electrons. The van der Waals surface area contributed by atoms with Gasteiger partial charge in [-0.2, -0.15) is 5.10 Å². The van der Waals surface area contributed by atoms with Gasteiger partial charge in [0.1, 0.15) is 5.69 Å². The van der Waals surface area contributed by atoms with Crippen molar-refractivity contribution in [2.24, 2.45) is 15.9 Å². The van der Waals surface area contributed by atoms with E-state index in [4.69, 9.17) is 5.73 Å². The van der Waals surface area contributed by atoms with Crippen molar-refractivity contribution in [1.82, 2.24) is 4.98 Å². The summed E-state index contributed by atoms with van der Waals surface area (Å²) >= 11 is 1.62. The third-order valence-corrected chi connectivity index (χ3v) is 3.09. The van der Waals surface area contributed by atoms with Crippen molar-refractivity contribution in [2.75, 3.05) is 0 Å². The summed E-state index contributed by atoms with van der Waals surface area (Å²) in [6.45, 7) is 1.90. The monoisotopic (exact) mass is 244 g/mol. The molecule has 0 spiro atoms. The average Bonchev–Trinajstić information content (AvgIpc) is 2.90. The fourth-order valence-electron chi connectivity index (χ4n) is 1.23. The summed E-state index contributed by atoms with van der Waals surface area (Å²) in [6.07, 6.45) is 1.67. The van der Waals surface area contributed by atoms with Gasteiger partial charge in [-0.3, -0.25) is 4.98 Å². The molecule has 0 atom stereocenters. The smallest absolute Gasteiger partial charge is 0.171 e. The van der Waals surface area contributed by atoms with Gasteiger partial charge in [0.2, 0.25) is 0 Å². The molecule has 0 saturated heterocycles. The van der Waals surface area contributed by atoms with Crippen LogP contribution in [0.2, 0.25) is 0 Å². The summed E-state index contributed by atoms with van der Waals surface area (Å²) in [5.74, 6) is 0.321. The van der Waals surface area contributed by atoms with Gasteiger partial charge in [-0.15, -0.1) is 16.4 Å². The highest BCUT2D eigenvalue weighted by atomic mass is 32.1. The Morgan fingerprint density at radius 1 is 1.24 bits per heavy atom. The van der Waals surface area contributed by atoms with Crippen LogP contribution in [0.25, 0.3) is 0 Å². The molecule has 0 bridgehead atoms. The zero-order valence-corrected chi connectivity index (χ0v) is 10.2. The first-order chi connectivity index (χ1) is 8.27. The van der Waals surface area contributed by atoms with Crippen molar-refractivity contribution < 1.29 is 0 Å². The summed E-state index contributed by atoms with van der Waals surface area (Å²) in [4.78, 5) is 5.18. The molecule has 0 unspecified atom stereocenters. The van der Waals surface area contributed by atoms with E-state index in [1.807, 2.05) is 36.6 Å². The predicted molar refractivity (Wildman–Crippen MR) is 71.5 cm³/mol. The van der Waals surface area contributed by atoms with Crippen LogP contribution in [0.3, 0.4) is 0 Å². The van der Waals surface area contributed by atoms with Gasteiger partial charge in [-0.25, -0.2) is 0 Å². The van der Waals surface area contributed by atoms with Gasteiger partial charge in [0.15, 0.2) is 5.84 Å². The maximum atomic E-state index is 5.78. The predicted octanol–water partition coefficient (Wildman–Crippen LogP) is 2.27. The zero-order valence-electron chi connectivity index (χ0n) is 9.37. The Balaban J connectivity index is 2.18. The number of nitrogens with two attached hydrogens (primary N) is 1. The van der Waals surface area contributed by atoms with E-state index in [2.05, 4.69) is 15.2 Å². The van der Waals surface area contributed by atoms with Crippen molar-refractivity contribution >= 4 is 22.9 Å². The first-order valence-electron chi connectivity index (χ1n) is 5.10. The number of amidine groups is 1. The number of thiophene rings is 1. The van der Waals surface area contributed by atoms with Gasteiger partial charge in [-0.1, -0.05) is 12.1 Å². The number of aromatic nitrogens is 1. The summed E-state index contributed by atoms with van der Waals surface area (Å²) in [7, 11) is 0. The Hall–Kier alpha value is -2.01. The third-order valence-electron chi connectivity index (χ3n) is 2.11. The van der Waals surface area contributed by atoms with Crippen molar-refractivity contribution in [3.8, 4) is 0 Å². The van der Waals surface area contributed by atoms with Crippen LogP contribution in [-0.4, -0.2) is 16.5 Å². The molecule has 2 aromatic rings. The molecule has 4 nitrogen and oxygen atoms in total. The average molecular weight is 244 g/mol. The van der Waals surface area contributed by atoms with Crippen LogP contribution in [-0.2, 0) is 0 Å². The Labute approximate surface area is 104 Å². The summed E-state index contributed by atoms with van der Waals surface area (Å²) in [5, 5.41) is 10.1. The van der Waals surface area contributed by atoms with Crippen LogP contribution in [0.15, 0.2) is 52.1 Å². The summed E-state index contributed by atoms with van der Waals surface area (Å²) in [6, 6.07) is 9.47. The van der Waals surface area contributed by atoms with E-state index in [0.717, 1.165) is 10.6 Å². The number of hydrogen-bond donors (Lipinski definition) is 1. The third kappa shape index (κ3) is 2.98. The molecule has 2 aromatic heterocycles. The summed E-state index contributed by atoms with van der Waals surface area (Å²) < 4.78 is 0. The molecule has 0 aliphatic rings. The molecule has 0 amide bonds. The van der Waals surface area contributed by atoms with Crippen LogP contribution < -0.4 is 5.73 Å². The maximum absolute atomic E-state index is 5.78. The number of hydrogen-bond acceptors (Lipinski definition) is 4. The molecule has 5 heteroatoms. The SMILES string of the molecule is C/C(=N\N=C(/N)c1ccccn1)c1cccs1. The second-order valence-electron chi connectivity index (χ2n) is 3.36. The molecule has 2 N–H and O–H groups in total. The van der Waals surface area contributed by atoms with Gasteiger partial charge in [-0.05, 0) is 30.5 Å². The molecule has 0 aliphatic heterocycles. The molecule has 0 saturated carbocycles. The maximum Gasteiger partial charge on any atom is 0.171 e. The molecular weight excluding hydrogens is 232 g/mol. The summed E-state index contributed by atoms with van der Waals surface area (Å²) in [5.41, 5.74) is 7.26. The van der Waals surface area contributed by atoms with E-state index in [0.29, 0.717) is 11.5 Å². The van der Waals surface area contributed by atoms with Crippen LogP contribution in [0.1, 0.15) is 17.5 Å². The topological polar surface area (TPSA) is 63.6 Å². The molecule has 0 aliphatic carbocycles. The molecule has 17 heavy (non-hydrogen) atoms. The van der Waals surface area contributed by atoms with Crippen molar-refractivity contribution in [1.29, 1.82) is 0 Å². The largest absolute Gasteiger partial charge is 0.380 e. The lowest BCUT2D eigenvalue weighted by atomic mass is 10.3. The van der Waals surface area contributed by atoms with Crippen molar-refractivity contribution in [2.45, 2.75) is 6.92 Å². The highest BCUT2D eigenvalue weighted by Gasteiger charge is 1.99. The van der Waals surface area contributed by atoms with E-state index in [9.17, 15) is 0 Å². The minimum absolute atomic E-state index is 0.321. The van der Waals surface area contributed by atoms with Crippen LogP contribution in [0.5, 0.6) is 0 Å². The molecule has 0 fully saturated rings. The molecule has 0 aromatic carbocycles. The first kappa shape index (κ1) is 11.5. The fraction of sp³-hybridized carbons (Fsp3) is 0.0833. The highest BCUT2D eigenvalue weighted by molar-refractivity contribution is 7.12. The number of rotatable bonds is 3. The van der Waals surface area contributed by atoms with E-state index < -0.39 is 0 Å². The van der Waals surface area contributed by atoms with Crippen molar-refractivity contribution in [3.63, 3.8) is 0 Å². The van der Waals surface area contributed by atoms with E-state index in [1.54, 1.807) is 23.6 Å². The second-order valence-corrected chi connectivity index (χ2v) is 4.31. The van der Waals surface area contributed by atoms with Gasteiger partial charge < -0.3 is 5.73 Å². The lowest BCUT2D eigenvalue weighted by Crippen LogP contribution is -2.14. The first-order valence-corrected chi connectivity index (χ1v) is 5.98. The van der Waals surface area contributed by atoms with Crippen molar-refractivity contribution in [3.05, 3.63) is 52.5 Å². The van der Waals surface area contributed by atoms with Crippen LogP contribution in [0.4, 0.5) is 0 Å².